The van der Waals surface area contributed by atoms with E-state index in [9.17, 15) is 0 Å². The van der Waals surface area contributed by atoms with E-state index < -0.39 is 0 Å². The molecule has 1 aliphatic rings. The molecule has 1 N–H and O–H groups in total. The van der Waals surface area contributed by atoms with Crippen molar-refractivity contribution in [2.45, 2.75) is 39.7 Å². The summed E-state index contributed by atoms with van der Waals surface area (Å²) in [7, 11) is 2.03. The molecule has 1 saturated heterocycles. The van der Waals surface area contributed by atoms with Crippen molar-refractivity contribution < 1.29 is 0 Å². The molecule has 2 heterocycles. The van der Waals surface area contributed by atoms with Crippen molar-refractivity contribution in [3.63, 3.8) is 0 Å². The summed E-state index contributed by atoms with van der Waals surface area (Å²) in [5.41, 5.74) is 1.89. The van der Waals surface area contributed by atoms with Crippen LogP contribution in [0.2, 0.25) is 0 Å². The minimum atomic E-state index is 0.535. The van der Waals surface area contributed by atoms with Gasteiger partial charge in [0, 0.05) is 19.1 Å². The Hall–Kier alpha value is -1.23. The van der Waals surface area contributed by atoms with Crippen molar-refractivity contribution in [2.24, 2.45) is 5.92 Å². The van der Waals surface area contributed by atoms with Gasteiger partial charge in [0.15, 0.2) is 0 Å². The van der Waals surface area contributed by atoms with Gasteiger partial charge in [-0.15, -0.1) is 5.10 Å². The Labute approximate surface area is 109 Å². The highest BCUT2D eigenvalue weighted by Crippen LogP contribution is 2.22. The highest BCUT2D eigenvalue weighted by molar-refractivity contribution is 5.30. The lowest BCUT2D eigenvalue weighted by molar-refractivity contribution is 0.330. The summed E-state index contributed by atoms with van der Waals surface area (Å²) < 4.78 is 0. The zero-order chi connectivity index (χ0) is 13.1. The largest absolute Gasteiger partial charge is 0.339 e. The first kappa shape index (κ1) is 13.2. The highest BCUT2D eigenvalue weighted by atomic mass is 15.3. The predicted octanol–water partition coefficient (Wildman–Crippen LogP) is 1.31. The average Bonchev–Trinajstić information content (AvgIpc) is 2.41. The molecule has 1 aliphatic heterocycles. The van der Waals surface area contributed by atoms with E-state index in [4.69, 9.17) is 0 Å². The molecule has 0 aromatic carbocycles. The smallest absolute Gasteiger partial charge is 0.245 e. The summed E-state index contributed by atoms with van der Waals surface area (Å²) in [6, 6.07) is 0.535. The molecule has 18 heavy (non-hydrogen) atoms. The third kappa shape index (κ3) is 2.77. The van der Waals surface area contributed by atoms with Gasteiger partial charge in [0.05, 0.1) is 11.4 Å². The SMILES string of the molecule is CNC(C)C1CCCN(c2nnc(C)c(C)n2)C1. The minimum absolute atomic E-state index is 0.535. The molecule has 0 radical (unpaired) electrons. The molecule has 5 heteroatoms. The fraction of sp³-hybridized carbons (Fsp3) is 0.769. The van der Waals surface area contributed by atoms with Crippen molar-refractivity contribution in [1.82, 2.24) is 20.5 Å². The maximum atomic E-state index is 4.55. The van der Waals surface area contributed by atoms with E-state index in [0.717, 1.165) is 30.4 Å². The van der Waals surface area contributed by atoms with Crippen LogP contribution in [0.5, 0.6) is 0 Å². The number of nitrogens with one attached hydrogen (secondary N) is 1. The van der Waals surface area contributed by atoms with Crippen LogP contribution in [0.1, 0.15) is 31.2 Å². The molecule has 2 unspecified atom stereocenters. The average molecular weight is 249 g/mol. The van der Waals surface area contributed by atoms with Crippen molar-refractivity contribution in [1.29, 1.82) is 0 Å². The summed E-state index contributed by atoms with van der Waals surface area (Å²) in [6.07, 6.45) is 2.48. The van der Waals surface area contributed by atoms with Gasteiger partial charge in [-0.3, -0.25) is 0 Å². The van der Waals surface area contributed by atoms with Crippen LogP contribution >= 0.6 is 0 Å². The lowest BCUT2D eigenvalue weighted by Crippen LogP contribution is -2.44. The summed E-state index contributed by atoms with van der Waals surface area (Å²) in [5, 5.41) is 11.7. The standard InChI is InChI=1S/C13H23N5/c1-9-10(2)16-17-13(15-9)18-7-5-6-12(8-18)11(3)14-4/h11-12,14H,5-8H2,1-4H3. The summed E-state index contributed by atoms with van der Waals surface area (Å²) >= 11 is 0. The van der Waals surface area contributed by atoms with Crippen molar-refractivity contribution in [3.8, 4) is 0 Å². The van der Waals surface area contributed by atoms with Gasteiger partial charge in [0.2, 0.25) is 5.95 Å². The van der Waals surface area contributed by atoms with E-state index >= 15 is 0 Å². The van der Waals surface area contributed by atoms with Gasteiger partial charge in [-0.05, 0) is 46.6 Å². The van der Waals surface area contributed by atoms with Crippen molar-refractivity contribution >= 4 is 5.95 Å². The maximum Gasteiger partial charge on any atom is 0.245 e. The molecule has 0 amide bonds. The molecule has 5 nitrogen and oxygen atoms in total. The number of anilines is 1. The summed E-state index contributed by atoms with van der Waals surface area (Å²) in [6.45, 7) is 8.24. The van der Waals surface area contributed by atoms with Crippen molar-refractivity contribution in [2.75, 3.05) is 25.0 Å². The molecule has 0 aliphatic carbocycles. The molecule has 0 spiro atoms. The van der Waals surface area contributed by atoms with Gasteiger partial charge in [0.1, 0.15) is 0 Å². The first-order valence-corrected chi connectivity index (χ1v) is 6.72. The second-order valence-electron chi connectivity index (χ2n) is 5.21. The molecule has 1 aromatic rings. The zero-order valence-electron chi connectivity index (χ0n) is 11.8. The quantitative estimate of drug-likeness (QED) is 0.875. The Morgan fingerprint density at radius 1 is 1.28 bits per heavy atom. The molecular weight excluding hydrogens is 226 g/mol. The van der Waals surface area contributed by atoms with Crippen LogP contribution in [0.15, 0.2) is 0 Å². The Morgan fingerprint density at radius 3 is 2.72 bits per heavy atom. The zero-order valence-corrected chi connectivity index (χ0v) is 11.8. The van der Waals surface area contributed by atoms with Crippen LogP contribution in [-0.4, -0.2) is 41.4 Å². The van der Waals surface area contributed by atoms with Crippen molar-refractivity contribution in [3.05, 3.63) is 11.4 Å². The monoisotopic (exact) mass is 249 g/mol. The first-order valence-electron chi connectivity index (χ1n) is 6.72. The van der Waals surface area contributed by atoms with E-state index in [1.54, 1.807) is 0 Å². The van der Waals surface area contributed by atoms with Gasteiger partial charge in [-0.2, -0.15) is 5.10 Å². The summed E-state index contributed by atoms with van der Waals surface area (Å²) in [4.78, 5) is 6.81. The van der Waals surface area contributed by atoms with E-state index in [0.29, 0.717) is 12.0 Å². The van der Waals surface area contributed by atoms with Crippen LogP contribution in [0, 0.1) is 19.8 Å². The molecule has 1 fully saturated rings. The number of piperidine rings is 1. The number of hydrogen-bond donors (Lipinski definition) is 1. The van der Waals surface area contributed by atoms with Gasteiger partial charge in [-0.1, -0.05) is 0 Å². The summed E-state index contributed by atoms with van der Waals surface area (Å²) in [5.74, 6) is 1.44. The second kappa shape index (κ2) is 5.61. The van der Waals surface area contributed by atoms with Gasteiger partial charge in [0.25, 0.3) is 0 Å². The number of rotatable bonds is 3. The Balaban J connectivity index is 2.10. The third-order valence-corrected chi connectivity index (χ3v) is 3.98. The van der Waals surface area contributed by atoms with Gasteiger partial charge < -0.3 is 10.2 Å². The number of hydrogen-bond acceptors (Lipinski definition) is 5. The van der Waals surface area contributed by atoms with E-state index in [1.165, 1.54) is 12.8 Å². The topological polar surface area (TPSA) is 53.9 Å². The minimum Gasteiger partial charge on any atom is -0.339 e. The van der Waals surface area contributed by atoms with E-state index in [1.807, 2.05) is 20.9 Å². The van der Waals surface area contributed by atoms with Gasteiger partial charge in [-0.25, -0.2) is 4.98 Å². The van der Waals surface area contributed by atoms with E-state index in [2.05, 4.69) is 32.3 Å². The molecule has 0 saturated carbocycles. The number of aryl methyl sites for hydroxylation is 2. The molecule has 100 valence electrons. The normalized spacial score (nSPS) is 22.0. The lowest BCUT2D eigenvalue weighted by atomic mass is 9.92. The molecule has 2 atom stereocenters. The fourth-order valence-electron chi connectivity index (χ4n) is 2.41. The maximum absolute atomic E-state index is 4.55. The first-order chi connectivity index (χ1) is 8.61. The number of nitrogens with zero attached hydrogens (tertiary/aromatic N) is 4. The van der Waals surface area contributed by atoms with Crippen LogP contribution in [0.4, 0.5) is 5.95 Å². The Kier molecular flexibility index (Phi) is 4.11. The Morgan fingerprint density at radius 2 is 2.06 bits per heavy atom. The molecule has 0 bridgehead atoms. The van der Waals surface area contributed by atoms with Crippen LogP contribution < -0.4 is 10.2 Å². The lowest BCUT2D eigenvalue weighted by Gasteiger charge is -2.35. The molecule has 1 aromatic heterocycles. The van der Waals surface area contributed by atoms with Crippen LogP contribution in [-0.2, 0) is 0 Å². The van der Waals surface area contributed by atoms with Crippen LogP contribution in [0.3, 0.4) is 0 Å². The van der Waals surface area contributed by atoms with Crippen LogP contribution in [0.25, 0.3) is 0 Å². The Bertz CT molecular complexity index is 406. The molecular formula is C13H23N5. The highest BCUT2D eigenvalue weighted by Gasteiger charge is 2.25. The number of aromatic nitrogens is 3. The fourth-order valence-corrected chi connectivity index (χ4v) is 2.41. The van der Waals surface area contributed by atoms with Gasteiger partial charge >= 0.3 is 0 Å². The molecule has 2 rings (SSSR count). The second-order valence-corrected chi connectivity index (χ2v) is 5.21. The third-order valence-electron chi connectivity index (χ3n) is 3.98. The predicted molar refractivity (Wildman–Crippen MR) is 72.8 cm³/mol. The van der Waals surface area contributed by atoms with E-state index in [-0.39, 0.29) is 0 Å².